The van der Waals surface area contributed by atoms with Crippen LogP contribution in [0.1, 0.15) is 50.3 Å². The molecule has 0 unspecified atom stereocenters. The minimum absolute atomic E-state index is 0.143. The molecule has 7 nitrogen and oxygen atoms in total. The highest BCUT2D eigenvalue weighted by Crippen LogP contribution is 2.35. The van der Waals surface area contributed by atoms with Crippen molar-refractivity contribution in [2.24, 2.45) is 7.05 Å². The smallest absolute Gasteiger partial charge is 0.243 e. The van der Waals surface area contributed by atoms with E-state index in [1.165, 1.54) is 28.6 Å². The summed E-state index contributed by atoms with van der Waals surface area (Å²) in [6, 6.07) is 9.42. The first-order valence-corrected chi connectivity index (χ1v) is 13.4. The molecule has 164 valence electrons. The van der Waals surface area contributed by atoms with Gasteiger partial charge in [-0.25, -0.2) is 16.8 Å². The molecule has 1 aromatic heterocycles. The summed E-state index contributed by atoms with van der Waals surface area (Å²) in [5.41, 5.74) is 0.980. The van der Waals surface area contributed by atoms with Gasteiger partial charge in [-0.2, -0.15) is 8.61 Å². The maximum absolute atomic E-state index is 13.5. The second-order valence-electron chi connectivity index (χ2n) is 8.11. The van der Waals surface area contributed by atoms with Crippen LogP contribution in [0.2, 0.25) is 0 Å². The normalized spacial score (nSPS) is 22.2. The van der Waals surface area contributed by atoms with Crippen LogP contribution in [0.5, 0.6) is 0 Å². The van der Waals surface area contributed by atoms with E-state index in [1.807, 2.05) is 29.9 Å². The maximum Gasteiger partial charge on any atom is 0.243 e. The molecule has 3 heterocycles. The summed E-state index contributed by atoms with van der Waals surface area (Å²) >= 11 is 0. The molecule has 2 aliphatic rings. The van der Waals surface area contributed by atoms with Crippen molar-refractivity contribution in [3.05, 3.63) is 48.3 Å². The van der Waals surface area contributed by atoms with Crippen molar-refractivity contribution < 1.29 is 16.8 Å². The van der Waals surface area contributed by atoms with Crippen molar-refractivity contribution in [1.82, 2.24) is 13.2 Å². The maximum atomic E-state index is 13.5. The third-order valence-corrected chi connectivity index (χ3v) is 10.00. The van der Waals surface area contributed by atoms with Gasteiger partial charge in [0.05, 0.1) is 15.8 Å². The molecule has 0 N–H and O–H groups in total. The number of aryl methyl sites for hydroxylation is 1. The zero-order chi connectivity index (χ0) is 21.4. The largest absolute Gasteiger partial charge is 0.353 e. The highest BCUT2D eigenvalue weighted by molar-refractivity contribution is 7.89. The van der Waals surface area contributed by atoms with E-state index >= 15 is 0 Å². The Labute approximate surface area is 179 Å². The molecule has 0 bridgehead atoms. The van der Waals surface area contributed by atoms with E-state index in [9.17, 15) is 16.8 Å². The van der Waals surface area contributed by atoms with Crippen LogP contribution in [-0.4, -0.2) is 49.6 Å². The van der Waals surface area contributed by atoms with Crippen LogP contribution in [0.15, 0.2) is 52.4 Å². The molecule has 0 saturated carbocycles. The standard InChI is InChI=1S/C21H29N3O4S2/c1-22-14-7-9-20(22)21-8-3-2-4-17-24(21)30(27,28)19-12-10-18(11-13-19)29(25,26)23-15-5-6-16-23/h7,9-14,21H,2-6,8,15-17H2,1H3/t21-/m1/s1. The molecule has 0 radical (unpaired) electrons. The first-order chi connectivity index (χ1) is 14.3. The van der Waals surface area contributed by atoms with Gasteiger partial charge in [0.15, 0.2) is 0 Å². The van der Waals surface area contributed by atoms with Crippen LogP contribution in [0.4, 0.5) is 0 Å². The number of benzene rings is 1. The lowest BCUT2D eigenvalue weighted by atomic mass is 10.1. The Kier molecular flexibility index (Phi) is 6.07. The number of nitrogens with zero attached hydrogens (tertiary/aromatic N) is 3. The Balaban J connectivity index is 1.65. The van der Waals surface area contributed by atoms with Gasteiger partial charge in [0.1, 0.15) is 0 Å². The van der Waals surface area contributed by atoms with E-state index in [1.54, 1.807) is 4.31 Å². The lowest BCUT2D eigenvalue weighted by Gasteiger charge is -2.29. The van der Waals surface area contributed by atoms with E-state index in [0.717, 1.165) is 44.2 Å². The van der Waals surface area contributed by atoms with Crippen molar-refractivity contribution in [3.8, 4) is 0 Å². The summed E-state index contributed by atoms with van der Waals surface area (Å²) in [5.74, 6) is 0. The Morgan fingerprint density at radius 2 is 1.37 bits per heavy atom. The molecule has 0 spiro atoms. The molecule has 4 rings (SSSR count). The SMILES string of the molecule is Cn1cccc1[C@H]1CCCCCN1S(=O)(=O)c1ccc(S(=O)(=O)N2CCCC2)cc1. The highest BCUT2D eigenvalue weighted by Gasteiger charge is 2.35. The molecule has 1 aromatic carbocycles. The Morgan fingerprint density at radius 3 is 1.97 bits per heavy atom. The van der Waals surface area contributed by atoms with E-state index in [4.69, 9.17) is 0 Å². The minimum atomic E-state index is -3.75. The summed E-state index contributed by atoms with van der Waals surface area (Å²) in [7, 11) is -5.38. The molecule has 30 heavy (non-hydrogen) atoms. The fourth-order valence-corrected chi connectivity index (χ4v) is 7.67. The van der Waals surface area contributed by atoms with Gasteiger partial charge >= 0.3 is 0 Å². The monoisotopic (exact) mass is 451 g/mol. The molecule has 0 amide bonds. The van der Waals surface area contributed by atoms with Crippen LogP contribution < -0.4 is 0 Å². The van der Waals surface area contributed by atoms with Gasteiger partial charge in [0.25, 0.3) is 0 Å². The van der Waals surface area contributed by atoms with Gasteiger partial charge in [-0.15, -0.1) is 0 Å². The third kappa shape index (κ3) is 3.95. The predicted molar refractivity (Wildman–Crippen MR) is 115 cm³/mol. The highest BCUT2D eigenvalue weighted by atomic mass is 32.2. The van der Waals surface area contributed by atoms with Crippen LogP contribution in [-0.2, 0) is 27.1 Å². The Hall–Kier alpha value is -1.68. The van der Waals surface area contributed by atoms with Crippen molar-refractivity contribution >= 4 is 20.0 Å². The molecule has 1 atom stereocenters. The van der Waals surface area contributed by atoms with Crippen LogP contribution >= 0.6 is 0 Å². The van der Waals surface area contributed by atoms with Crippen LogP contribution in [0, 0.1) is 0 Å². The van der Waals surface area contributed by atoms with E-state index in [2.05, 4.69) is 0 Å². The zero-order valence-corrected chi connectivity index (χ0v) is 18.9. The average molecular weight is 452 g/mol. The molecule has 0 aliphatic carbocycles. The number of aromatic nitrogens is 1. The molecule has 2 fully saturated rings. The number of hydrogen-bond donors (Lipinski definition) is 0. The van der Waals surface area contributed by atoms with Gasteiger partial charge in [0, 0.05) is 38.6 Å². The minimum Gasteiger partial charge on any atom is -0.353 e. The summed E-state index contributed by atoms with van der Waals surface area (Å²) in [6.45, 7) is 1.51. The van der Waals surface area contributed by atoms with Crippen molar-refractivity contribution in [3.63, 3.8) is 0 Å². The second-order valence-corrected chi connectivity index (χ2v) is 11.9. The van der Waals surface area contributed by atoms with Gasteiger partial charge in [0.2, 0.25) is 20.0 Å². The molecule has 2 aromatic rings. The molecule has 9 heteroatoms. The summed E-state index contributed by atoms with van der Waals surface area (Å²) < 4.78 is 57.6. The van der Waals surface area contributed by atoms with Gasteiger partial charge in [-0.1, -0.05) is 12.8 Å². The zero-order valence-electron chi connectivity index (χ0n) is 17.3. The second kappa shape index (κ2) is 8.45. The number of sulfonamides is 2. The summed E-state index contributed by atoms with van der Waals surface area (Å²) in [5, 5.41) is 0. The quantitative estimate of drug-likeness (QED) is 0.700. The lowest BCUT2D eigenvalue weighted by Crippen LogP contribution is -2.35. The van der Waals surface area contributed by atoms with E-state index < -0.39 is 20.0 Å². The Bertz CT molecular complexity index is 1090. The Morgan fingerprint density at radius 1 is 0.767 bits per heavy atom. The molecular weight excluding hydrogens is 422 g/mol. The van der Waals surface area contributed by atoms with Crippen LogP contribution in [0.3, 0.4) is 0 Å². The lowest BCUT2D eigenvalue weighted by molar-refractivity contribution is 0.318. The van der Waals surface area contributed by atoms with Crippen molar-refractivity contribution in [1.29, 1.82) is 0 Å². The summed E-state index contributed by atoms with van der Waals surface area (Å²) in [4.78, 5) is 0.294. The predicted octanol–water partition coefficient (Wildman–Crippen LogP) is 3.12. The van der Waals surface area contributed by atoms with E-state index in [0.29, 0.717) is 19.6 Å². The molecular formula is C21H29N3O4S2. The fourth-order valence-electron chi connectivity index (χ4n) is 4.48. The average Bonchev–Trinajstić information content (AvgIpc) is 3.35. The first-order valence-electron chi connectivity index (χ1n) is 10.5. The van der Waals surface area contributed by atoms with Crippen LogP contribution in [0.25, 0.3) is 0 Å². The fraction of sp³-hybridized carbons (Fsp3) is 0.524. The number of hydrogen-bond acceptors (Lipinski definition) is 4. The van der Waals surface area contributed by atoms with Gasteiger partial charge in [-0.3, -0.25) is 0 Å². The van der Waals surface area contributed by atoms with Gasteiger partial charge < -0.3 is 4.57 Å². The van der Waals surface area contributed by atoms with Gasteiger partial charge in [-0.05, 0) is 62.1 Å². The topological polar surface area (TPSA) is 79.7 Å². The number of rotatable bonds is 5. The third-order valence-electron chi connectivity index (χ3n) is 6.16. The van der Waals surface area contributed by atoms with E-state index in [-0.39, 0.29) is 15.8 Å². The summed E-state index contributed by atoms with van der Waals surface area (Å²) in [6.07, 6.45) is 7.24. The van der Waals surface area contributed by atoms with Crippen molar-refractivity contribution in [2.45, 2.75) is 54.4 Å². The molecule has 2 aliphatic heterocycles. The molecule has 2 saturated heterocycles. The first kappa shape index (κ1) is 21.5. The van der Waals surface area contributed by atoms with Crippen molar-refractivity contribution in [2.75, 3.05) is 19.6 Å².